The highest BCUT2D eigenvalue weighted by Gasteiger charge is 2.38. The Kier molecular flexibility index (Phi) is 6.91. The molecule has 0 aliphatic carbocycles. The fourth-order valence-corrected chi connectivity index (χ4v) is 4.31. The Labute approximate surface area is 188 Å². The highest BCUT2D eigenvalue weighted by atomic mass is 35.5. The summed E-state index contributed by atoms with van der Waals surface area (Å²) in [5.41, 5.74) is 3.64. The van der Waals surface area contributed by atoms with Crippen LogP contribution in [0.4, 0.5) is 0 Å². The topological polar surface area (TPSA) is 58.9 Å². The lowest BCUT2D eigenvalue weighted by molar-refractivity contribution is 0.0781. The number of hydrogen-bond donors (Lipinski definition) is 1. The molecule has 3 aromatic rings. The molecule has 6 nitrogen and oxygen atoms in total. The van der Waals surface area contributed by atoms with E-state index in [-0.39, 0.29) is 30.7 Å². The largest absolute Gasteiger partial charge is 0.487 e. The number of pyridine rings is 1. The molecule has 2 aliphatic rings. The first kappa shape index (κ1) is 22.4. The van der Waals surface area contributed by atoms with Crippen LogP contribution in [0.15, 0.2) is 48.8 Å². The average molecular weight is 449 g/mol. The van der Waals surface area contributed by atoms with Crippen molar-refractivity contribution in [2.75, 3.05) is 26.2 Å². The van der Waals surface area contributed by atoms with E-state index in [1.165, 1.54) is 5.56 Å². The fraction of sp³-hybridized carbons (Fsp3) is 0.364. The van der Waals surface area contributed by atoms with E-state index in [1.54, 1.807) is 0 Å². The van der Waals surface area contributed by atoms with Crippen LogP contribution in [0.2, 0.25) is 0 Å². The van der Waals surface area contributed by atoms with E-state index in [9.17, 15) is 4.79 Å². The summed E-state index contributed by atoms with van der Waals surface area (Å²) in [6.07, 6.45) is 4.03. The molecule has 5 rings (SSSR count). The lowest BCUT2D eigenvalue weighted by Crippen LogP contribution is -2.31. The van der Waals surface area contributed by atoms with Crippen molar-refractivity contribution in [3.63, 3.8) is 0 Å². The Hall–Kier alpha value is -2.28. The number of benzene rings is 1. The van der Waals surface area contributed by atoms with E-state index in [0.717, 1.165) is 37.5 Å². The van der Waals surface area contributed by atoms with Gasteiger partial charge in [-0.2, -0.15) is 0 Å². The zero-order valence-electron chi connectivity index (χ0n) is 16.8. The van der Waals surface area contributed by atoms with E-state index in [0.29, 0.717) is 29.8 Å². The number of carbonyl (C=O) groups excluding carboxylic acids is 1. The quantitative estimate of drug-likeness (QED) is 0.664. The molecule has 0 unspecified atom stereocenters. The van der Waals surface area contributed by atoms with Gasteiger partial charge in [-0.1, -0.05) is 12.1 Å². The zero-order chi connectivity index (χ0) is 19.1. The number of aryl methyl sites for hydroxylation is 1. The summed E-state index contributed by atoms with van der Waals surface area (Å²) in [4.78, 5) is 19.5. The van der Waals surface area contributed by atoms with Gasteiger partial charge in [-0.25, -0.2) is 4.98 Å². The van der Waals surface area contributed by atoms with Crippen LogP contribution in [-0.2, 0) is 6.61 Å². The number of nitrogens with one attached hydrogen (secondary N) is 1. The number of likely N-dealkylation sites (tertiary alicyclic amines) is 1. The SMILES string of the molecule is Cc1ccc2nc(COc3cccc(C(=O)N4C[C@H]5CNC[C@H]5C4)c3)cn2c1.Cl.Cl. The van der Waals surface area contributed by atoms with Gasteiger partial charge in [0.2, 0.25) is 0 Å². The van der Waals surface area contributed by atoms with Gasteiger partial charge in [0.15, 0.2) is 0 Å². The molecular formula is C22H26Cl2N4O2. The summed E-state index contributed by atoms with van der Waals surface area (Å²) in [7, 11) is 0. The van der Waals surface area contributed by atoms with Crippen LogP contribution in [0.1, 0.15) is 21.6 Å². The van der Waals surface area contributed by atoms with Crippen molar-refractivity contribution in [2.24, 2.45) is 11.8 Å². The Morgan fingerprint density at radius 2 is 1.90 bits per heavy atom. The normalized spacial score (nSPS) is 19.8. The standard InChI is InChI=1S/C22H24N4O2.2ClH/c1-15-5-6-21-24-19(13-25(21)10-15)14-28-20-4-2-3-16(7-20)22(27)26-11-17-8-23-9-18(17)12-26;;/h2-7,10,13,17-18,23H,8-9,11-12,14H2,1H3;2*1H/t17-,18+;;. The Balaban J connectivity index is 0.00000128. The van der Waals surface area contributed by atoms with E-state index in [1.807, 2.05) is 58.1 Å². The summed E-state index contributed by atoms with van der Waals surface area (Å²) < 4.78 is 7.93. The smallest absolute Gasteiger partial charge is 0.254 e. The molecule has 0 radical (unpaired) electrons. The van der Waals surface area contributed by atoms with Crippen molar-refractivity contribution in [1.29, 1.82) is 0 Å². The number of nitrogens with zero attached hydrogens (tertiary/aromatic N) is 3. The van der Waals surface area contributed by atoms with Crippen LogP contribution in [-0.4, -0.2) is 46.4 Å². The first-order valence-corrected chi connectivity index (χ1v) is 9.83. The molecule has 0 spiro atoms. The molecule has 2 aromatic heterocycles. The Morgan fingerprint density at radius 1 is 1.13 bits per heavy atom. The van der Waals surface area contributed by atoms with Gasteiger partial charge >= 0.3 is 0 Å². The van der Waals surface area contributed by atoms with Crippen LogP contribution in [0.3, 0.4) is 0 Å². The summed E-state index contributed by atoms with van der Waals surface area (Å²) in [5, 5.41) is 3.41. The van der Waals surface area contributed by atoms with Gasteiger partial charge < -0.3 is 19.4 Å². The van der Waals surface area contributed by atoms with Crippen molar-refractivity contribution in [3.8, 4) is 5.75 Å². The fourth-order valence-electron chi connectivity index (χ4n) is 4.31. The van der Waals surface area contributed by atoms with Crippen molar-refractivity contribution in [3.05, 3.63) is 65.6 Å². The van der Waals surface area contributed by atoms with Crippen molar-refractivity contribution < 1.29 is 9.53 Å². The monoisotopic (exact) mass is 448 g/mol. The molecule has 1 aromatic carbocycles. The molecule has 2 saturated heterocycles. The number of rotatable bonds is 4. The number of imidazole rings is 1. The first-order valence-electron chi connectivity index (χ1n) is 9.83. The van der Waals surface area contributed by atoms with Crippen molar-refractivity contribution in [1.82, 2.24) is 19.6 Å². The minimum absolute atomic E-state index is 0. The molecule has 1 N–H and O–H groups in total. The highest BCUT2D eigenvalue weighted by Crippen LogP contribution is 2.28. The van der Waals surface area contributed by atoms with Crippen molar-refractivity contribution in [2.45, 2.75) is 13.5 Å². The van der Waals surface area contributed by atoms with Gasteiger partial charge in [0.25, 0.3) is 5.91 Å². The first-order chi connectivity index (χ1) is 13.7. The molecule has 30 heavy (non-hydrogen) atoms. The molecule has 0 saturated carbocycles. The minimum Gasteiger partial charge on any atom is -0.487 e. The number of ether oxygens (including phenoxy) is 1. The molecule has 1 amide bonds. The van der Waals surface area contributed by atoms with Gasteiger partial charge in [-0.15, -0.1) is 24.8 Å². The Bertz CT molecular complexity index is 1030. The average Bonchev–Trinajstić information content (AvgIpc) is 3.40. The zero-order valence-corrected chi connectivity index (χ0v) is 18.4. The molecule has 160 valence electrons. The third-order valence-electron chi connectivity index (χ3n) is 5.79. The molecule has 2 aliphatic heterocycles. The number of carbonyl (C=O) groups is 1. The summed E-state index contributed by atoms with van der Waals surface area (Å²) in [5.74, 6) is 1.99. The van der Waals surface area contributed by atoms with Crippen LogP contribution >= 0.6 is 24.8 Å². The predicted octanol–water partition coefficient (Wildman–Crippen LogP) is 3.36. The molecule has 8 heteroatoms. The Morgan fingerprint density at radius 3 is 2.67 bits per heavy atom. The van der Waals surface area contributed by atoms with Gasteiger partial charge in [0, 0.05) is 44.1 Å². The maximum absolute atomic E-state index is 12.9. The lowest BCUT2D eigenvalue weighted by atomic mass is 10.0. The number of aromatic nitrogens is 2. The summed E-state index contributed by atoms with van der Waals surface area (Å²) in [6.45, 7) is 6.18. The second-order valence-corrected chi connectivity index (χ2v) is 7.91. The molecule has 4 heterocycles. The third-order valence-corrected chi connectivity index (χ3v) is 5.79. The molecule has 2 fully saturated rings. The van der Waals surface area contributed by atoms with E-state index in [4.69, 9.17) is 4.74 Å². The lowest BCUT2D eigenvalue weighted by Gasteiger charge is -2.18. The van der Waals surface area contributed by atoms with E-state index >= 15 is 0 Å². The summed E-state index contributed by atoms with van der Waals surface area (Å²) >= 11 is 0. The van der Waals surface area contributed by atoms with Gasteiger partial charge in [-0.05, 0) is 48.6 Å². The second kappa shape index (κ2) is 9.25. The van der Waals surface area contributed by atoms with Gasteiger partial charge in [0.05, 0.1) is 5.69 Å². The van der Waals surface area contributed by atoms with E-state index < -0.39 is 0 Å². The van der Waals surface area contributed by atoms with Gasteiger partial charge in [0.1, 0.15) is 18.0 Å². The van der Waals surface area contributed by atoms with Crippen LogP contribution in [0.5, 0.6) is 5.75 Å². The maximum atomic E-state index is 12.9. The second-order valence-electron chi connectivity index (χ2n) is 7.91. The predicted molar refractivity (Wildman–Crippen MR) is 121 cm³/mol. The number of halogens is 2. The van der Waals surface area contributed by atoms with Crippen molar-refractivity contribution >= 4 is 36.4 Å². The highest BCUT2D eigenvalue weighted by molar-refractivity contribution is 5.94. The summed E-state index contributed by atoms with van der Waals surface area (Å²) in [6, 6.07) is 11.5. The minimum atomic E-state index is 0. The number of fused-ring (bicyclic) bond motifs is 2. The number of amides is 1. The van der Waals surface area contributed by atoms with Crippen LogP contribution in [0.25, 0.3) is 5.65 Å². The number of hydrogen-bond acceptors (Lipinski definition) is 4. The molecule has 0 bridgehead atoms. The molecular weight excluding hydrogens is 423 g/mol. The molecule has 2 atom stereocenters. The van der Waals surface area contributed by atoms with E-state index in [2.05, 4.69) is 17.2 Å². The maximum Gasteiger partial charge on any atom is 0.254 e. The third kappa shape index (κ3) is 4.41. The van der Waals surface area contributed by atoms with Gasteiger partial charge in [-0.3, -0.25) is 4.79 Å². The van der Waals surface area contributed by atoms with Crippen LogP contribution in [0, 0.1) is 18.8 Å². The van der Waals surface area contributed by atoms with Crippen LogP contribution < -0.4 is 10.1 Å².